The molecule has 1 aliphatic heterocycles. The third-order valence-electron chi connectivity index (χ3n) is 4.84. The van der Waals surface area contributed by atoms with Gasteiger partial charge in [-0.05, 0) is 51.7 Å². The minimum absolute atomic E-state index is 0.0875. The molecule has 1 aromatic heterocycles. The molecule has 0 bridgehead atoms. The van der Waals surface area contributed by atoms with Crippen molar-refractivity contribution in [1.82, 2.24) is 4.98 Å². The maximum absolute atomic E-state index is 12.5. The topological polar surface area (TPSA) is 48.4 Å². The smallest absolute Gasteiger partial charge is 0.399 e. The number of aryl methyl sites for hydroxylation is 1. The Bertz CT molecular complexity index is 735. The molecule has 0 atom stereocenters. The van der Waals surface area contributed by atoms with E-state index in [4.69, 9.17) is 9.31 Å². The van der Waals surface area contributed by atoms with Gasteiger partial charge < -0.3 is 9.31 Å². The van der Waals surface area contributed by atoms with E-state index in [2.05, 4.69) is 4.98 Å². The van der Waals surface area contributed by atoms with Crippen molar-refractivity contribution >= 4 is 18.4 Å². The minimum Gasteiger partial charge on any atom is -0.399 e. The predicted molar refractivity (Wildman–Crippen MR) is 94.6 cm³/mol. The highest BCUT2D eigenvalue weighted by Crippen LogP contribution is 2.36. The van der Waals surface area contributed by atoms with Crippen molar-refractivity contribution in [3.8, 4) is 0 Å². The van der Waals surface area contributed by atoms with Gasteiger partial charge in [0.25, 0.3) is 0 Å². The molecule has 124 valence electrons. The van der Waals surface area contributed by atoms with Crippen molar-refractivity contribution < 1.29 is 14.1 Å². The second kappa shape index (κ2) is 5.83. The SMILES string of the molecule is Cc1ccc(C(=O)c2ccc(B3OC(C)(C)C(C)(C)O3)cc2)nc1. The lowest BCUT2D eigenvalue weighted by molar-refractivity contribution is 0.00578. The van der Waals surface area contributed by atoms with E-state index >= 15 is 0 Å². The van der Waals surface area contributed by atoms with E-state index in [1.54, 1.807) is 24.4 Å². The van der Waals surface area contributed by atoms with Gasteiger partial charge in [-0.2, -0.15) is 0 Å². The predicted octanol–water partition coefficient (Wildman–Crippen LogP) is 2.92. The van der Waals surface area contributed by atoms with E-state index in [1.165, 1.54) is 0 Å². The van der Waals surface area contributed by atoms with Crippen molar-refractivity contribution in [3.05, 3.63) is 59.4 Å². The summed E-state index contributed by atoms with van der Waals surface area (Å²) in [5.74, 6) is -0.0875. The van der Waals surface area contributed by atoms with Crippen LogP contribution >= 0.6 is 0 Å². The second-order valence-electron chi connectivity index (χ2n) is 7.26. The lowest BCUT2D eigenvalue weighted by Crippen LogP contribution is -2.41. The molecule has 24 heavy (non-hydrogen) atoms. The largest absolute Gasteiger partial charge is 0.494 e. The highest BCUT2D eigenvalue weighted by atomic mass is 16.7. The maximum atomic E-state index is 12.5. The highest BCUT2D eigenvalue weighted by Gasteiger charge is 2.51. The van der Waals surface area contributed by atoms with Crippen LogP contribution < -0.4 is 5.46 Å². The van der Waals surface area contributed by atoms with Crippen LogP contribution in [0.4, 0.5) is 0 Å². The Morgan fingerprint density at radius 1 is 0.958 bits per heavy atom. The van der Waals surface area contributed by atoms with Gasteiger partial charge in [-0.15, -0.1) is 0 Å². The third-order valence-corrected chi connectivity index (χ3v) is 4.84. The summed E-state index contributed by atoms with van der Waals surface area (Å²) >= 11 is 0. The Balaban J connectivity index is 1.79. The standard InChI is InChI=1S/C19H22BNO3/c1-13-6-11-16(21-12-13)17(22)14-7-9-15(10-8-14)20-23-18(2,3)19(4,5)24-20/h6-12H,1-5H3. The summed E-state index contributed by atoms with van der Waals surface area (Å²) in [6.07, 6.45) is 1.70. The van der Waals surface area contributed by atoms with E-state index in [9.17, 15) is 4.79 Å². The number of carbonyl (C=O) groups excluding carboxylic acids is 1. The molecule has 0 amide bonds. The minimum atomic E-state index is -0.420. The normalized spacial score (nSPS) is 18.6. The number of hydrogen-bond acceptors (Lipinski definition) is 4. The zero-order valence-corrected chi connectivity index (χ0v) is 14.8. The van der Waals surface area contributed by atoms with Crippen molar-refractivity contribution in [1.29, 1.82) is 0 Å². The molecule has 0 saturated carbocycles. The molecule has 4 nitrogen and oxygen atoms in total. The fraction of sp³-hybridized carbons (Fsp3) is 0.368. The van der Waals surface area contributed by atoms with Crippen LogP contribution in [0.25, 0.3) is 0 Å². The van der Waals surface area contributed by atoms with Gasteiger partial charge in [0.05, 0.1) is 11.2 Å². The summed E-state index contributed by atoms with van der Waals surface area (Å²) in [6, 6.07) is 11.0. The quantitative estimate of drug-likeness (QED) is 0.644. The number of carbonyl (C=O) groups is 1. The number of hydrogen-bond donors (Lipinski definition) is 0. The molecule has 2 heterocycles. The number of benzene rings is 1. The Morgan fingerprint density at radius 3 is 2.04 bits per heavy atom. The molecule has 1 saturated heterocycles. The van der Waals surface area contributed by atoms with Gasteiger partial charge in [-0.1, -0.05) is 30.3 Å². The van der Waals surface area contributed by atoms with Crippen LogP contribution in [-0.2, 0) is 9.31 Å². The zero-order valence-electron chi connectivity index (χ0n) is 14.8. The maximum Gasteiger partial charge on any atom is 0.494 e. The molecule has 5 heteroatoms. The van der Waals surface area contributed by atoms with Crippen molar-refractivity contribution in [2.45, 2.75) is 45.8 Å². The molecule has 3 rings (SSSR count). The first kappa shape index (κ1) is 16.9. The molecule has 0 unspecified atom stereocenters. The fourth-order valence-electron chi connectivity index (χ4n) is 2.52. The van der Waals surface area contributed by atoms with Crippen LogP contribution in [0.15, 0.2) is 42.6 Å². The van der Waals surface area contributed by atoms with E-state index in [0.29, 0.717) is 11.3 Å². The highest BCUT2D eigenvalue weighted by molar-refractivity contribution is 6.62. The number of pyridine rings is 1. The molecule has 1 aliphatic rings. The van der Waals surface area contributed by atoms with Crippen LogP contribution in [0.5, 0.6) is 0 Å². The van der Waals surface area contributed by atoms with Gasteiger partial charge in [0.2, 0.25) is 5.78 Å². The van der Waals surface area contributed by atoms with Crippen LogP contribution in [0, 0.1) is 6.92 Å². The van der Waals surface area contributed by atoms with Gasteiger partial charge in [-0.25, -0.2) is 0 Å². The number of nitrogens with zero attached hydrogens (tertiary/aromatic N) is 1. The molecular weight excluding hydrogens is 301 g/mol. The molecule has 1 fully saturated rings. The van der Waals surface area contributed by atoms with Crippen LogP contribution in [0.2, 0.25) is 0 Å². The van der Waals surface area contributed by atoms with Crippen LogP contribution in [0.1, 0.15) is 49.3 Å². The first-order valence-corrected chi connectivity index (χ1v) is 8.12. The Labute approximate surface area is 143 Å². The molecule has 0 spiro atoms. The van der Waals surface area contributed by atoms with Crippen LogP contribution in [-0.4, -0.2) is 29.1 Å². The van der Waals surface area contributed by atoms with Crippen molar-refractivity contribution in [2.75, 3.05) is 0 Å². The van der Waals surface area contributed by atoms with Crippen molar-refractivity contribution in [2.24, 2.45) is 0 Å². The first-order valence-electron chi connectivity index (χ1n) is 8.12. The average molecular weight is 323 g/mol. The number of aromatic nitrogens is 1. The number of ketones is 1. The number of rotatable bonds is 3. The second-order valence-corrected chi connectivity index (χ2v) is 7.26. The van der Waals surface area contributed by atoms with E-state index in [-0.39, 0.29) is 17.0 Å². The monoisotopic (exact) mass is 323 g/mol. The average Bonchev–Trinajstić information content (AvgIpc) is 2.76. The van der Waals surface area contributed by atoms with Crippen LogP contribution in [0.3, 0.4) is 0 Å². The zero-order chi connectivity index (χ0) is 17.5. The van der Waals surface area contributed by atoms with Crippen molar-refractivity contribution in [3.63, 3.8) is 0 Å². The van der Waals surface area contributed by atoms with Gasteiger partial charge in [0.15, 0.2) is 0 Å². The summed E-state index contributed by atoms with van der Waals surface area (Å²) < 4.78 is 12.1. The third kappa shape index (κ3) is 3.02. The van der Waals surface area contributed by atoms with E-state index in [1.807, 2.05) is 52.8 Å². The Hall–Kier alpha value is -1.98. The Morgan fingerprint density at radius 2 is 1.54 bits per heavy atom. The summed E-state index contributed by atoms with van der Waals surface area (Å²) in [7, 11) is -0.420. The summed E-state index contributed by atoms with van der Waals surface area (Å²) in [5, 5.41) is 0. The van der Waals surface area contributed by atoms with Gasteiger partial charge in [0, 0.05) is 11.8 Å². The van der Waals surface area contributed by atoms with Gasteiger partial charge >= 0.3 is 7.12 Å². The lowest BCUT2D eigenvalue weighted by Gasteiger charge is -2.32. The first-order chi connectivity index (χ1) is 11.2. The molecular formula is C19H22BNO3. The Kier molecular flexibility index (Phi) is 4.10. The van der Waals surface area contributed by atoms with Gasteiger partial charge in [-0.3, -0.25) is 9.78 Å². The summed E-state index contributed by atoms with van der Waals surface area (Å²) in [6.45, 7) is 10.0. The van der Waals surface area contributed by atoms with E-state index < -0.39 is 7.12 Å². The molecule has 0 radical (unpaired) electrons. The van der Waals surface area contributed by atoms with E-state index in [0.717, 1.165) is 11.0 Å². The molecule has 0 aliphatic carbocycles. The lowest BCUT2D eigenvalue weighted by atomic mass is 9.78. The summed E-state index contributed by atoms with van der Waals surface area (Å²) in [4.78, 5) is 16.7. The summed E-state index contributed by atoms with van der Waals surface area (Å²) in [5.41, 5.74) is 2.23. The molecule has 2 aromatic rings. The molecule has 1 aromatic carbocycles. The fourth-order valence-corrected chi connectivity index (χ4v) is 2.52. The molecule has 0 N–H and O–H groups in total. The van der Waals surface area contributed by atoms with Gasteiger partial charge in [0.1, 0.15) is 5.69 Å².